The van der Waals surface area contributed by atoms with Gasteiger partial charge in [-0.2, -0.15) is 0 Å². The van der Waals surface area contributed by atoms with Gasteiger partial charge in [0.05, 0.1) is 6.33 Å². The molecule has 2 heterocycles. The molecule has 0 unspecified atom stereocenters. The number of rotatable bonds is 3. The van der Waals surface area contributed by atoms with Crippen molar-refractivity contribution in [2.75, 3.05) is 19.6 Å². The number of amides is 1. The molecule has 0 aliphatic carbocycles. The van der Waals surface area contributed by atoms with Crippen LogP contribution in [0, 0.1) is 0 Å². The summed E-state index contributed by atoms with van der Waals surface area (Å²) in [5, 5.41) is 3.30. The maximum absolute atomic E-state index is 12.5. The van der Waals surface area contributed by atoms with E-state index in [0.29, 0.717) is 0 Å². The van der Waals surface area contributed by atoms with Crippen LogP contribution < -0.4 is 5.32 Å². The van der Waals surface area contributed by atoms with E-state index >= 15 is 0 Å². The first-order valence-electron chi connectivity index (χ1n) is 7.30. The minimum Gasteiger partial charge on any atom is -0.333 e. The Morgan fingerprint density at radius 3 is 2.86 bits per heavy atom. The van der Waals surface area contributed by atoms with Crippen LogP contribution in [0.25, 0.3) is 0 Å². The zero-order chi connectivity index (χ0) is 14.7. The first kappa shape index (κ1) is 13.8. The minimum atomic E-state index is 0.123. The summed E-state index contributed by atoms with van der Waals surface area (Å²) in [7, 11) is 0. The molecule has 1 amide bonds. The third-order valence-electron chi connectivity index (χ3n) is 3.89. The molecule has 0 radical (unpaired) electrons. The Bertz CT molecular complexity index is 591. The summed E-state index contributed by atoms with van der Waals surface area (Å²) in [4.78, 5) is 18.5. The van der Waals surface area contributed by atoms with E-state index in [9.17, 15) is 4.79 Å². The van der Waals surface area contributed by atoms with Crippen LogP contribution in [0.2, 0.25) is 0 Å². The summed E-state index contributed by atoms with van der Waals surface area (Å²) in [6.45, 7) is 5.37. The molecule has 110 valence electrons. The van der Waals surface area contributed by atoms with Gasteiger partial charge in [0, 0.05) is 50.2 Å². The average molecular weight is 284 g/mol. The fraction of sp³-hybridized carbons (Fsp3) is 0.375. The number of imidazole rings is 1. The number of nitrogens with zero attached hydrogens (tertiary/aromatic N) is 3. The van der Waals surface area contributed by atoms with Crippen LogP contribution in [-0.4, -0.2) is 46.0 Å². The molecule has 0 spiro atoms. The SMILES string of the molecule is C[C@H]1CNCCN1C(=O)c1ccc(Cn2ccnc2)cc1. The van der Waals surface area contributed by atoms with Crippen LogP contribution in [0.3, 0.4) is 0 Å². The molecule has 2 aromatic rings. The maximum atomic E-state index is 12.5. The molecule has 3 rings (SSSR count). The predicted molar refractivity (Wildman–Crippen MR) is 81.1 cm³/mol. The van der Waals surface area contributed by atoms with Crippen LogP contribution in [-0.2, 0) is 6.54 Å². The highest BCUT2D eigenvalue weighted by molar-refractivity contribution is 5.94. The Morgan fingerprint density at radius 1 is 1.38 bits per heavy atom. The molecule has 1 aliphatic rings. The standard InChI is InChI=1S/C16H20N4O/c1-13-10-17-7-9-20(13)16(21)15-4-2-14(3-5-15)11-19-8-6-18-12-19/h2-6,8,12-13,17H,7,9-11H2,1H3/t13-/m0/s1. The van der Waals surface area contributed by atoms with Gasteiger partial charge in [-0.15, -0.1) is 0 Å². The number of hydrogen-bond acceptors (Lipinski definition) is 3. The van der Waals surface area contributed by atoms with Crippen molar-refractivity contribution < 1.29 is 4.79 Å². The number of benzene rings is 1. The Kier molecular flexibility index (Phi) is 4.01. The van der Waals surface area contributed by atoms with Gasteiger partial charge in [0.2, 0.25) is 0 Å². The van der Waals surface area contributed by atoms with Crippen LogP contribution in [0.5, 0.6) is 0 Å². The normalized spacial score (nSPS) is 18.7. The van der Waals surface area contributed by atoms with Crippen molar-refractivity contribution >= 4 is 5.91 Å². The van der Waals surface area contributed by atoms with E-state index in [4.69, 9.17) is 0 Å². The van der Waals surface area contributed by atoms with Crippen LogP contribution in [0.15, 0.2) is 43.0 Å². The molecule has 1 aromatic carbocycles. The van der Waals surface area contributed by atoms with E-state index in [1.165, 1.54) is 0 Å². The Morgan fingerprint density at radius 2 is 2.19 bits per heavy atom. The number of carbonyl (C=O) groups excluding carboxylic acids is 1. The van der Waals surface area contributed by atoms with Crippen molar-refractivity contribution in [1.82, 2.24) is 19.8 Å². The zero-order valence-electron chi connectivity index (χ0n) is 12.2. The van der Waals surface area contributed by atoms with Crippen molar-refractivity contribution in [3.63, 3.8) is 0 Å². The Hall–Kier alpha value is -2.14. The van der Waals surface area contributed by atoms with Gasteiger partial charge in [0.25, 0.3) is 5.91 Å². The highest BCUT2D eigenvalue weighted by atomic mass is 16.2. The lowest BCUT2D eigenvalue weighted by molar-refractivity contribution is 0.0656. The molecular formula is C16H20N4O. The maximum Gasteiger partial charge on any atom is 0.254 e. The van der Waals surface area contributed by atoms with Gasteiger partial charge in [-0.05, 0) is 24.6 Å². The molecule has 1 aromatic heterocycles. The Labute approximate surface area is 124 Å². The Balaban J connectivity index is 1.70. The fourth-order valence-electron chi connectivity index (χ4n) is 2.65. The second-order valence-corrected chi connectivity index (χ2v) is 5.48. The quantitative estimate of drug-likeness (QED) is 0.926. The summed E-state index contributed by atoms with van der Waals surface area (Å²) in [6, 6.07) is 8.12. The number of piperazine rings is 1. The zero-order valence-corrected chi connectivity index (χ0v) is 12.2. The van der Waals surface area contributed by atoms with Crippen molar-refractivity contribution in [2.45, 2.75) is 19.5 Å². The van der Waals surface area contributed by atoms with Crippen molar-refractivity contribution in [3.05, 3.63) is 54.1 Å². The molecule has 0 bridgehead atoms. The van der Waals surface area contributed by atoms with Gasteiger partial charge in [0.15, 0.2) is 0 Å². The van der Waals surface area contributed by atoms with E-state index in [-0.39, 0.29) is 11.9 Å². The molecule has 1 saturated heterocycles. The largest absolute Gasteiger partial charge is 0.333 e. The second kappa shape index (κ2) is 6.10. The highest BCUT2D eigenvalue weighted by Crippen LogP contribution is 2.12. The molecule has 1 N–H and O–H groups in total. The van der Waals surface area contributed by atoms with Crippen LogP contribution >= 0.6 is 0 Å². The number of nitrogens with one attached hydrogen (secondary N) is 1. The number of hydrogen-bond donors (Lipinski definition) is 1. The number of carbonyl (C=O) groups is 1. The molecule has 5 nitrogen and oxygen atoms in total. The van der Waals surface area contributed by atoms with Crippen molar-refractivity contribution in [3.8, 4) is 0 Å². The average Bonchev–Trinajstić information content (AvgIpc) is 3.01. The summed E-state index contributed by atoms with van der Waals surface area (Å²) < 4.78 is 2.01. The lowest BCUT2D eigenvalue weighted by atomic mass is 10.1. The van der Waals surface area contributed by atoms with Crippen LogP contribution in [0.1, 0.15) is 22.8 Å². The van der Waals surface area contributed by atoms with Gasteiger partial charge in [0.1, 0.15) is 0 Å². The molecule has 5 heteroatoms. The topological polar surface area (TPSA) is 50.2 Å². The van der Waals surface area contributed by atoms with Crippen molar-refractivity contribution in [1.29, 1.82) is 0 Å². The minimum absolute atomic E-state index is 0.123. The van der Waals surface area contributed by atoms with E-state index in [1.807, 2.05) is 39.9 Å². The van der Waals surface area contributed by atoms with Gasteiger partial charge >= 0.3 is 0 Å². The summed E-state index contributed by atoms with van der Waals surface area (Å²) >= 11 is 0. The second-order valence-electron chi connectivity index (χ2n) is 5.48. The van der Waals surface area contributed by atoms with Gasteiger partial charge in [-0.25, -0.2) is 4.98 Å². The predicted octanol–water partition coefficient (Wildman–Crippen LogP) is 1.37. The summed E-state index contributed by atoms with van der Waals surface area (Å²) in [6.07, 6.45) is 5.49. The number of aromatic nitrogens is 2. The molecular weight excluding hydrogens is 264 g/mol. The van der Waals surface area contributed by atoms with Gasteiger partial charge in [-0.1, -0.05) is 12.1 Å². The van der Waals surface area contributed by atoms with E-state index < -0.39 is 0 Å². The lowest BCUT2D eigenvalue weighted by Crippen LogP contribution is -2.52. The molecule has 1 aliphatic heterocycles. The fourth-order valence-corrected chi connectivity index (χ4v) is 2.65. The first-order valence-corrected chi connectivity index (χ1v) is 7.30. The van der Waals surface area contributed by atoms with Crippen LogP contribution in [0.4, 0.5) is 0 Å². The molecule has 1 atom stereocenters. The van der Waals surface area contributed by atoms with Crippen molar-refractivity contribution in [2.24, 2.45) is 0 Å². The van der Waals surface area contributed by atoms with E-state index in [1.54, 1.807) is 12.5 Å². The monoisotopic (exact) mass is 284 g/mol. The molecule has 21 heavy (non-hydrogen) atoms. The van der Waals surface area contributed by atoms with E-state index in [0.717, 1.165) is 37.3 Å². The molecule has 0 saturated carbocycles. The highest BCUT2D eigenvalue weighted by Gasteiger charge is 2.23. The van der Waals surface area contributed by atoms with Gasteiger partial charge < -0.3 is 14.8 Å². The third kappa shape index (κ3) is 3.13. The van der Waals surface area contributed by atoms with E-state index in [2.05, 4.69) is 17.2 Å². The first-order chi connectivity index (χ1) is 10.2. The molecule has 1 fully saturated rings. The third-order valence-corrected chi connectivity index (χ3v) is 3.89. The smallest absolute Gasteiger partial charge is 0.254 e. The van der Waals surface area contributed by atoms with Gasteiger partial charge in [-0.3, -0.25) is 4.79 Å². The summed E-state index contributed by atoms with van der Waals surface area (Å²) in [5.41, 5.74) is 1.93. The summed E-state index contributed by atoms with van der Waals surface area (Å²) in [5.74, 6) is 0.123. The lowest BCUT2D eigenvalue weighted by Gasteiger charge is -2.34.